The van der Waals surface area contributed by atoms with Crippen molar-refractivity contribution < 1.29 is 0 Å². The fourth-order valence-corrected chi connectivity index (χ4v) is 24.0. The molecule has 0 radical (unpaired) electrons. The van der Waals surface area contributed by atoms with Crippen LogP contribution in [0.4, 0.5) is 0 Å². The first-order valence-corrected chi connectivity index (χ1v) is 44.9. The third-order valence-electron chi connectivity index (χ3n) is 29.9. The van der Waals surface area contributed by atoms with E-state index >= 15 is 0 Å². The lowest BCUT2D eigenvalue weighted by molar-refractivity contribution is 0.767. The summed E-state index contributed by atoms with van der Waals surface area (Å²) in [5, 5.41) is 3.67. The minimum atomic E-state index is -0.773. The van der Waals surface area contributed by atoms with Crippen molar-refractivity contribution in [2.45, 2.75) is 105 Å². The molecule has 0 atom stereocenters. The molecule has 0 fully saturated rings. The van der Waals surface area contributed by atoms with E-state index in [1.165, 1.54) is 134 Å². The van der Waals surface area contributed by atoms with Crippen molar-refractivity contribution in [2.24, 2.45) is 0 Å². The van der Waals surface area contributed by atoms with Crippen LogP contribution in [0.5, 0.6) is 0 Å². The molecule has 25 rings (SSSR count). The van der Waals surface area contributed by atoms with E-state index in [1.807, 2.05) is 0 Å². The number of nitrogens with one attached hydrogen (secondary N) is 2. The molecule has 0 amide bonds. The number of aromatic nitrogens is 8. The van der Waals surface area contributed by atoms with Gasteiger partial charge in [-0.3, -0.25) is 0 Å². The number of nitrogens with zero attached hydrogens (tertiary/aromatic N) is 6. The van der Waals surface area contributed by atoms with Crippen LogP contribution in [0, 0.1) is 83.1 Å². The highest BCUT2D eigenvalue weighted by Crippen LogP contribution is 2.65. The molecular weight excluding hydrogens is 1550 g/mol. The zero-order chi connectivity index (χ0) is 86.4. The molecule has 0 unspecified atom stereocenters. The molecule has 4 aliphatic carbocycles. The van der Waals surface area contributed by atoms with E-state index < -0.39 is 21.7 Å². The molecule has 610 valence electrons. The number of aromatic amines is 2. The number of fused-ring (bicyclic) bond motifs is 32. The van der Waals surface area contributed by atoms with Gasteiger partial charge in [-0.25, -0.2) is 29.9 Å². The standard InChI is InChI=1S/C120H90N8/c1-65-29-45-77(46-30-65)117(78-47-31-66(2)32-48-78)93-25-17-13-21-85(93)101-73(9)105-89(61-97(101)117)109-121-113(105)126-110-91-63-99-103(87-23-15-19-27-95(87)119(99,81-53-37-69(5)38-54-81)82-55-39-70(6)40-56-82)75(11)107(91)115(123-110)128-112-92-64-100-104(88-24-16-20-28-96(88)120(100,83-57-41-71(7)42-58-83)84-59-43-72(8)44-60-84)76(12)108(92)116(124-112)127-111-90-62-98-102(74(10)106(90)114(122-111)125-109)86-22-14-18-26-94(86)118(98,79-49-33-67(3)34-50-79)80-51-35-68(4)36-52-80/h13-64H,1-12H3,(H2,121,122,123,124,125,126,127,128). The molecule has 19 aromatic rings. The minimum Gasteiger partial charge on any atom is -0.324 e. The van der Waals surface area contributed by atoms with Crippen molar-refractivity contribution in [3.63, 3.8) is 0 Å². The van der Waals surface area contributed by atoms with Gasteiger partial charge in [0.2, 0.25) is 0 Å². The molecule has 8 nitrogen and oxygen atoms in total. The van der Waals surface area contributed by atoms with Gasteiger partial charge in [0.05, 0.1) is 21.7 Å². The fraction of sp³-hybridized carbons (Fsp3) is 0.133. The average molecular weight is 1640 g/mol. The van der Waals surface area contributed by atoms with E-state index in [2.05, 4.69) is 409 Å². The van der Waals surface area contributed by atoms with Crippen LogP contribution < -0.4 is 0 Å². The summed E-state index contributed by atoms with van der Waals surface area (Å²) in [7, 11) is 0. The van der Waals surface area contributed by atoms with Gasteiger partial charge in [-0.15, -0.1) is 0 Å². The van der Waals surface area contributed by atoms with E-state index in [1.54, 1.807) is 0 Å². The maximum absolute atomic E-state index is 6.22. The number of hydrogen-bond acceptors (Lipinski definition) is 6. The Morgan fingerprint density at radius 3 is 0.633 bits per heavy atom. The number of hydrogen-bond donors (Lipinski definition) is 2. The van der Waals surface area contributed by atoms with E-state index in [4.69, 9.17) is 29.9 Å². The first-order valence-electron chi connectivity index (χ1n) is 44.9. The Morgan fingerprint density at radius 2 is 0.391 bits per heavy atom. The van der Waals surface area contributed by atoms with Gasteiger partial charge in [-0.1, -0.05) is 336 Å². The van der Waals surface area contributed by atoms with Crippen LogP contribution in [0.15, 0.2) is 315 Å². The molecule has 3 aromatic heterocycles. The molecule has 2 N–H and O–H groups in total. The predicted molar refractivity (Wildman–Crippen MR) is 522 cm³/mol. The van der Waals surface area contributed by atoms with Gasteiger partial charge in [0.15, 0.2) is 23.3 Å². The molecule has 5 heterocycles. The SMILES string of the molecule is Cc1ccc(C2(c3ccc(C)cc3)c3ccccc3-c3c2cc2c(c3C)-c3nc-2nc2[nH]c(nc4nc(nc5[nH]c(n3)c3cc6c(c(C)c53)-c3ccccc3C6(c3ccc(C)cc3)c3ccc(C)cc3)-c3cc5c(c(C)c3-4)-c3ccccc3C5(c3ccc(C)cc3)c3ccc(C)cc3)c3cc4c(c(C)c23)-c2ccccc2C4(c2ccc(C)cc2)c2ccc(C)cc2)cc1. The molecule has 128 heavy (non-hydrogen) atoms. The molecule has 8 heteroatoms. The molecule has 8 bridgehead atoms. The summed E-state index contributed by atoms with van der Waals surface area (Å²) in [5.74, 6) is 2.12. The van der Waals surface area contributed by atoms with Crippen LogP contribution in [0.3, 0.4) is 0 Å². The van der Waals surface area contributed by atoms with Crippen LogP contribution in [-0.2, 0) is 21.7 Å². The molecule has 0 spiro atoms. The summed E-state index contributed by atoms with van der Waals surface area (Å²) >= 11 is 0. The van der Waals surface area contributed by atoms with Gasteiger partial charge < -0.3 is 9.97 Å². The van der Waals surface area contributed by atoms with Gasteiger partial charge in [-0.05, 0) is 263 Å². The van der Waals surface area contributed by atoms with Crippen molar-refractivity contribution in [1.29, 1.82) is 0 Å². The second kappa shape index (κ2) is 27.2. The van der Waals surface area contributed by atoms with Gasteiger partial charge >= 0.3 is 0 Å². The lowest BCUT2D eigenvalue weighted by Crippen LogP contribution is -2.28. The average Bonchev–Trinajstić information content (AvgIpc) is 1.53. The van der Waals surface area contributed by atoms with Crippen LogP contribution in [0.2, 0.25) is 0 Å². The summed E-state index contributed by atoms with van der Waals surface area (Å²) in [5.41, 5.74) is 44.9. The largest absolute Gasteiger partial charge is 0.324 e. The Morgan fingerprint density at radius 1 is 0.180 bits per heavy atom. The van der Waals surface area contributed by atoms with Crippen LogP contribution in [0.1, 0.15) is 156 Å². The van der Waals surface area contributed by atoms with Crippen molar-refractivity contribution in [3.8, 4) is 90.1 Å². The maximum Gasteiger partial charge on any atom is 0.165 e. The highest BCUT2D eigenvalue weighted by Gasteiger charge is 2.53. The first-order chi connectivity index (χ1) is 62.3. The molecule has 16 aromatic carbocycles. The maximum atomic E-state index is 6.22. The summed E-state index contributed by atoms with van der Waals surface area (Å²) in [6, 6.07) is 120. The smallest absolute Gasteiger partial charge is 0.165 e. The Labute approximate surface area is 745 Å². The lowest BCUT2D eigenvalue weighted by atomic mass is 9.67. The third kappa shape index (κ3) is 10.1. The Hall–Kier alpha value is -15.1. The van der Waals surface area contributed by atoms with Crippen LogP contribution in [-0.4, -0.2) is 39.9 Å². The number of benzene rings is 16. The molecular formula is C120H90N8. The summed E-state index contributed by atoms with van der Waals surface area (Å²) in [4.78, 5) is 45.2. The molecule has 0 saturated carbocycles. The second-order valence-electron chi connectivity index (χ2n) is 37.1. The number of H-pyrrole nitrogens is 2. The van der Waals surface area contributed by atoms with E-state index in [0.717, 1.165) is 111 Å². The fourth-order valence-electron chi connectivity index (χ4n) is 24.0. The third-order valence-corrected chi connectivity index (χ3v) is 29.9. The quantitative estimate of drug-likeness (QED) is 0.157. The normalized spacial score (nSPS) is 14.3. The van der Waals surface area contributed by atoms with Crippen molar-refractivity contribution >= 4 is 44.1 Å². The van der Waals surface area contributed by atoms with Crippen molar-refractivity contribution in [1.82, 2.24) is 39.9 Å². The molecule has 2 aliphatic heterocycles. The van der Waals surface area contributed by atoms with Gasteiger partial charge in [-0.2, -0.15) is 0 Å². The van der Waals surface area contributed by atoms with E-state index in [9.17, 15) is 0 Å². The lowest BCUT2D eigenvalue weighted by Gasteiger charge is -2.34. The van der Waals surface area contributed by atoms with Crippen LogP contribution in [0.25, 0.3) is 134 Å². The van der Waals surface area contributed by atoms with Crippen molar-refractivity contribution in [2.75, 3.05) is 0 Å². The van der Waals surface area contributed by atoms with E-state index in [0.29, 0.717) is 45.9 Å². The van der Waals surface area contributed by atoms with Crippen LogP contribution >= 0.6 is 0 Å². The summed E-state index contributed by atoms with van der Waals surface area (Å²) in [6.07, 6.45) is 0. The summed E-state index contributed by atoms with van der Waals surface area (Å²) in [6.45, 7) is 26.7. The highest BCUT2D eigenvalue weighted by molar-refractivity contribution is 6.14. The highest BCUT2D eigenvalue weighted by atomic mass is 15.1. The van der Waals surface area contributed by atoms with Gasteiger partial charge in [0.25, 0.3) is 0 Å². The molecule has 6 aliphatic rings. The Bertz CT molecular complexity index is 7580. The minimum absolute atomic E-state index is 0.527. The van der Waals surface area contributed by atoms with Gasteiger partial charge in [0, 0.05) is 43.8 Å². The van der Waals surface area contributed by atoms with E-state index in [-0.39, 0.29) is 0 Å². The zero-order valence-corrected chi connectivity index (χ0v) is 73.7. The molecule has 0 saturated heterocycles. The second-order valence-corrected chi connectivity index (χ2v) is 37.1. The number of rotatable bonds is 8. The van der Waals surface area contributed by atoms with Crippen molar-refractivity contribution in [3.05, 3.63) is 471 Å². The monoisotopic (exact) mass is 1640 g/mol. The Balaban J connectivity index is 0.876. The number of aryl methyl sites for hydroxylation is 10. The first kappa shape index (κ1) is 75.4. The zero-order valence-electron chi connectivity index (χ0n) is 73.7. The predicted octanol–water partition coefficient (Wildman–Crippen LogP) is 28.0. The topological polar surface area (TPSA) is 109 Å². The Kier molecular flexibility index (Phi) is 16.0. The van der Waals surface area contributed by atoms with Gasteiger partial charge in [0.1, 0.15) is 22.6 Å². The summed E-state index contributed by atoms with van der Waals surface area (Å²) < 4.78 is 0.